The molecule has 0 bridgehead atoms. The minimum absolute atomic E-state index is 0.123. The van der Waals surface area contributed by atoms with E-state index in [9.17, 15) is 4.79 Å². The zero-order valence-corrected chi connectivity index (χ0v) is 16.0. The number of hydrogen-bond acceptors (Lipinski definition) is 7. The molecule has 0 atom stereocenters. The first-order valence-electron chi connectivity index (χ1n) is 8.76. The van der Waals surface area contributed by atoms with Gasteiger partial charge < -0.3 is 14.5 Å². The topological polar surface area (TPSA) is 90.1 Å². The number of pyridine rings is 1. The summed E-state index contributed by atoms with van der Waals surface area (Å²) in [6.45, 7) is 0. The molecule has 2 heterocycles. The summed E-state index contributed by atoms with van der Waals surface area (Å²) in [5.41, 5.74) is 1.36. The number of carbonyl (C=O) groups is 1. The lowest BCUT2D eigenvalue weighted by Crippen LogP contribution is -2.14. The molecule has 2 aromatic carbocycles. The van der Waals surface area contributed by atoms with E-state index in [-0.39, 0.29) is 11.7 Å². The summed E-state index contributed by atoms with van der Waals surface area (Å²) in [5, 5.41) is 11.1. The molecule has 29 heavy (non-hydrogen) atoms. The second kappa shape index (κ2) is 9.03. The van der Waals surface area contributed by atoms with Gasteiger partial charge >= 0.3 is 0 Å². The molecule has 4 aromatic rings. The standard InChI is InChI=1S/C21H16N4O3S/c26-19(14-29-21-25-24-20(28-21)15-10-12-22-13-11-15)23-17-8-4-5-9-18(17)27-16-6-2-1-3-7-16/h1-13H,14H2,(H,23,26). The highest BCUT2D eigenvalue weighted by atomic mass is 32.2. The molecule has 1 amide bonds. The van der Waals surface area contributed by atoms with Crippen LogP contribution < -0.4 is 10.1 Å². The molecule has 0 aliphatic rings. The van der Waals surface area contributed by atoms with Crippen molar-refractivity contribution >= 4 is 23.4 Å². The molecule has 2 aromatic heterocycles. The molecule has 1 N–H and O–H groups in total. The van der Waals surface area contributed by atoms with Crippen molar-refractivity contribution in [2.24, 2.45) is 0 Å². The molecular formula is C21H16N4O3S. The van der Waals surface area contributed by atoms with Crippen LogP contribution in [0, 0.1) is 0 Å². The lowest BCUT2D eigenvalue weighted by molar-refractivity contribution is -0.113. The van der Waals surface area contributed by atoms with Crippen LogP contribution in [0.4, 0.5) is 5.69 Å². The fourth-order valence-electron chi connectivity index (χ4n) is 2.47. The third-order valence-corrected chi connectivity index (χ3v) is 4.61. The van der Waals surface area contributed by atoms with Gasteiger partial charge in [0.1, 0.15) is 5.75 Å². The van der Waals surface area contributed by atoms with Crippen LogP contribution in [0.5, 0.6) is 11.5 Å². The fourth-order valence-corrected chi connectivity index (χ4v) is 3.03. The molecular weight excluding hydrogens is 388 g/mol. The molecule has 0 radical (unpaired) electrons. The molecule has 8 heteroatoms. The zero-order chi connectivity index (χ0) is 19.9. The number of para-hydroxylation sites is 3. The van der Waals surface area contributed by atoms with Crippen molar-refractivity contribution in [1.82, 2.24) is 15.2 Å². The molecule has 7 nitrogen and oxygen atoms in total. The van der Waals surface area contributed by atoms with Crippen LogP contribution in [0.3, 0.4) is 0 Å². The van der Waals surface area contributed by atoms with E-state index in [1.165, 1.54) is 0 Å². The van der Waals surface area contributed by atoms with Gasteiger partial charge in [-0.05, 0) is 36.4 Å². The summed E-state index contributed by atoms with van der Waals surface area (Å²) in [4.78, 5) is 16.3. The number of amides is 1. The summed E-state index contributed by atoms with van der Waals surface area (Å²) in [5.74, 6) is 1.56. The number of benzene rings is 2. The van der Waals surface area contributed by atoms with Gasteiger partial charge in [-0.15, -0.1) is 10.2 Å². The van der Waals surface area contributed by atoms with E-state index in [1.807, 2.05) is 42.5 Å². The highest BCUT2D eigenvalue weighted by Crippen LogP contribution is 2.29. The third-order valence-electron chi connectivity index (χ3n) is 3.79. The minimum atomic E-state index is -0.206. The summed E-state index contributed by atoms with van der Waals surface area (Å²) >= 11 is 1.16. The number of nitrogens with one attached hydrogen (secondary N) is 1. The Morgan fingerprint density at radius 2 is 1.72 bits per heavy atom. The summed E-state index contributed by atoms with van der Waals surface area (Å²) in [7, 11) is 0. The Bertz CT molecular complexity index is 1090. The Labute approximate surface area is 171 Å². The maximum Gasteiger partial charge on any atom is 0.277 e. The maximum atomic E-state index is 12.4. The Balaban J connectivity index is 1.36. The number of anilines is 1. The molecule has 0 saturated heterocycles. The molecule has 0 saturated carbocycles. The number of rotatable bonds is 7. The molecule has 0 aliphatic carbocycles. The minimum Gasteiger partial charge on any atom is -0.455 e. The number of nitrogens with zero attached hydrogens (tertiary/aromatic N) is 3. The van der Waals surface area contributed by atoms with Crippen LogP contribution in [0.15, 0.2) is 88.8 Å². The third kappa shape index (κ3) is 4.99. The number of hydrogen-bond donors (Lipinski definition) is 1. The number of thioether (sulfide) groups is 1. The Morgan fingerprint density at radius 1 is 0.966 bits per heavy atom. The average molecular weight is 404 g/mol. The van der Waals surface area contributed by atoms with Crippen LogP contribution in [-0.4, -0.2) is 26.8 Å². The van der Waals surface area contributed by atoms with Gasteiger partial charge in [0.2, 0.25) is 11.8 Å². The van der Waals surface area contributed by atoms with E-state index in [4.69, 9.17) is 9.15 Å². The van der Waals surface area contributed by atoms with Gasteiger partial charge in [0.15, 0.2) is 5.75 Å². The van der Waals surface area contributed by atoms with Crippen LogP contribution in [0.25, 0.3) is 11.5 Å². The lowest BCUT2D eigenvalue weighted by Gasteiger charge is -2.11. The van der Waals surface area contributed by atoms with Crippen LogP contribution in [0.2, 0.25) is 0 Å². The highest BCUT2D eigenvalue weighted by Gasteiger charge is 2.13. The van der Waals surface area contributed by atoms with Crippen molar-refractivity contribution in [3.63, 3.8) is 0 Å². The summed E-state index contributed by atoms with van der Waals surface area (Å²) in [6, 6.07) is 20.2. The van der Waals surface area contributed by atoms with Gasteiger partial charge in [-0.3, -0.25) is 9.78 Å². The Morgan fingerprint density at radius 3 is 2.55 bits per heavy atom. The molecule has 144 valence electrons. The monoisotopic (exact) mass is 404 g/mol. The van der Waals surface area contributed by atoms with Crippen molar-refractivity contribution in [2.75, 3.05) is 11.1 Å². The molecule has 4 rings (SSSR count). The average Bonchev–Trinajstić information content (AvgIpc) is 3.24. The summed E-state index contributed by atoms with van der Waals surface area (Å²) < 4.78 is 11.4. The second-order valence-electron chi connectivity index (χ2n) is 5.86. The van der Waals surface area contributed by atoms with Crippen LogP contribution >= 0.6 is 11.8 Å². The van der Waals surface area contributed by atoms with Gasteiger partial charge in [-0.25, -0.2) is 0 Å². The van der Waals surface area contributed by atoms with Crippen molar-refractivity contribution < 1.29 is 13.9 Å². The molecule has 0 unspecified atom stereocenters. The normalized spacial score (nSPS) is 10.5. The number of ether oxygens (including phenoxy) is 1. The second-order valence-corrected chi connectivity index (χ2v) is 6.78. The largest absolute Gasteiger partial charge is 0.455 e. The van der Waals surface area contributed by atoms with Crippen molar-refractivity contribution in [1.29, 1.82) is 0 Å². The van der Waals surface area contributed by atoms with E-state index in [0.717, 1.165) is 17.3 Å². The smallest absolute Gasteiger partial charge is 0.277 e. The number of aromatic nitrogens is 3. The van der Waals surface area contributed by atoms with Gasteiger partial charge in [-0.2, -0.15) is 0 Å². The van der Waals surface area contributed by atoms with Crippen molar-refractivity contribution in [3.8, 4) is 23.0 Å². The zero-order valence-electron chi connectivity index (χ0n) is 15.2. The molecule has 0 aliphatic heterocycles. The predicted molar refractivity (Wildman–Crippen MR) is 110 cm³/mol. The van der Waals surface area contributed by atoms with E-state index < -0.39 is 0 Å². The van der Waals surface area contributed by atoms with Gasteiger partial charge in [0.25, 0.3) is 5.22 Å². The van der Waals surface area contributed by atoms with Gasteiger partial charge in [0.05, 0.1) is 11.4 Å². The molecule has 0 fully saturated rings. The Hall–Kier alpha value is -3.65. The lowest BCUT2D eigenvalue weighted by atomic mass is 10.3. The SMILES string of the molecule is O=C(CSc1nnc(-c2ccncc2)o1)Nc1ccccc1Oc1ccccc1. The van der Waals surface area contributed by atoms with E-state index in [1.54, 1.807) is 36.7 Å². The number of carbonyl (C=O) groups excluding carboxylic acids is 1. The first kappa shape index (κ1) is 18.7. The first-order valence-corrected chi connectivity index (χ1v) is 9.75. The Kier molecular flexibility index (Phi) is 5.82. The quantitative estimate of drug-likeness (QED) is 0.448. The van der Waals surface area contributed by atoms with Crippen molar-refractivity contribution in [3.05, 3.63) is 79.1 Å². The summed E-state index contributed by atoms with van der Waals surface area (Å²) in [6.07, 6.45) is 3.30. The van der Waals surface area contributed by atoms with E-state index in [0.29, 0.717) is 28.3 Å². The van der Waals surface area contributed by atoms with E-state index in [2.05, 4.69) is 20.5 Å². The maximum absolute atomic E-state index is 12.4. The van der Waals surface area contributed by atoms with Crippen LogP contribution in [0.1, 0.15) is 0 Å². The molecule has 0 spiro atoms. The van der Waals surface area contributed by atoms with Crippen LogP contribution in [-0.2, 0) is 4.79 Å². The highest BCUT2D eigenvalue weighted by molar-refractivity contribution is 7.99. The van der Waals surface area contributed by atoms with Gasteiger partial charge in [-0.1, -0.05) is 42.1 Å². The van der Waals surface area contributed by atoms with Crippen molar-refractivity contribution in [2.45, 2.75) is 5.22 Å². The van der Waals surface area contributed by atoms with Gasteiger partial charge in [0, 0.05) is 18.0 Å². The predicted octanol–water partition coefficient (Wildman–Crippen LogP) is 4.65. The van der Waals surface area contributed by atoms with E-state index >= 15 is 0 Å². The fraction of sp³-hybridized carbons (Fsp3) is 0.0476. The first-order chi connectivity index (χ1) is 14.3.